The molecule has 3 heteroatoms. The topological polar surface area (TPSA) is 45.4 Å². The van der Waals surface area contributed by atoms with Crippen LogP contribution in [0.5, 0.6) is 0 Å². The van der Waals surface area contributed by atoms with Crippen LogP contribution in [0, 0.1) is 11.3 Å². The Morgan fingerprint density at radius 2 is 2.29 bits per heavy atom. The first-order valence-corrected chi connectivity index (χ1v) is 4.50. The fourth-order valence-electron chi connectivity index (χ4n) is 0.989. The van der Waals surface area contributed by atoms with Gasteiger partial charge in [0.1, 0.15) is 6.61 Å². The van der Waals surface area contributed by atoms with Gasteiger partial charge in [-0.3, -0.25) is 0 Å². The summed E-state index contributed by atoms with van der Waals surface area (Å²) in [6.07, 6.45) is 2.54. The van der Waals surface area contributed by atoms with Crippen LogP contribution >= 0.6 is 0 Å². The minimum absolute atomic E-state index is 0.347. The highest BCUT2D eigenvalue weighted by Gasteiger charge is 1.99. The molecule has 1 rings (SSSR count). The number of benzene rings is 1. The zero-order chi connectivity index (χ0) is 10.2. The molecule has 1 aromatic rings. The van der Waals surface area contributed by atoms with Crippen LogP contribution < -0.4 is 0 Å². The van der Waals surface area contributed by atoms with Crippen LogP contribution in [0.4, 0.5) is 0 Å². The standard InChI is InChI=1S/C11H12N2O/c1-2-7-13-14-9-11-6-4-3-5-10(11)8-12/h3-7H,2,9H2,1H3. The molecule has 0 amide bonds. The van der Waals surface area contributed by atoms with E-state index in [0.29, 0.717) is 12.2 Å². The summed E-state index contributed by atoms with van der Waals surface area (Å²) < 4.78 is 0. The molecular formula is C11H12N2O. The lowest BCUT2D eigenvalue weighted by molar-refractivity contribution is 0.131. The van der Waals surface area contributed by atoms with Gasteiger partial charge in [0.2, 0.25) is 0 Å². The Morgan fingerprint density at radius 1 is 1.50 bits per heavy atom. The summed E-state index contributed by atoms with van der Waals surface area (Å²) >= 11 is 0. The number of oxime groups is 1. The molecule has 0 saturated heterocycles. The molecule has 0 spiro atoms. The van der Waals surface area contributed by atoms with E-state index < -0.39 is 0 Å². The fourth-order valence-corrected chi connectivity index (χ4v) is 0.989. The summed E-state index contributed by atoms with van der Waals surface area (Å²) in [6.45, 7) is 2.33. The maximum absolute atomic E-state index is 8.78. The largest absolute Gasteiger partial charge is 0.391 e. The highest BCUT2D eigenvalue weighted by atomic mass is 16.6. The first-order valence-electron chi connectivity index (χ1n) is 4.50. The van der Waals surface area contributed by atoms with Crippen molar-refractivity contribution in [3.05, 3.63) is 35.4 Å². The molecule has 14 heavy (non-hydrogen) atoms. The van der Waals surface area contributed by atoms with Crippen molar-refractivity contribution in [1.29, 1.82) is 5.26 Å². The second kappa shape index (κ2) is 5.76. The Labute approximate surface area is 83.6 Å². The molecule has 0 saturated carbocycles. The summed E-state index contributed by atoms with van der Waals surface area (Å²) in [5.74, 6) is 0. The Morgan fingerprint density at radius 3 is 3.00 bits per heavy atom. The van der Waals surface area contributed by atoms with Crippen LogP contribution in [0.3, 0.4) is 0 Å². The van der Waals surface area contributed by atoms with Gasteiger partial charge in [-0.05, 0) is 12.5 Å². The number of rotatable bonds is 4. The Hall–Kier alpha value is -1.82. The van der Waals surface area contributed by atoms with Crippen LogP contribution in [0.15, 0.2) is 29.4 Å². The molecule has 0 unspecified atom stereocenters. The van der Waals surface area contributed by atoms with Gasteiger partial charge >= 0.3 is 0 Å². The Bertz CT molecular complexity index is 353. The fraction of sp³-hybridized carbons (Fsp3) is 0.273. The first kappa shape index (κ1) is 10.3. The van der Waals surface area contributed by atoms with Crippen molar-refractivity contribution in [2.75, 3.05) is 0 Å². The van der Waals surface area contributed by atoms with Gasteiger partial charge < -0.3 is 4.84 Å². The third kappa shape index (κ3) is 2.91. The van der Waals surface area contributed by atoms with Crippen molar-refractivity contribution >= 4 is 6.21 Å². The highest BCUT2D eigenvalue weighted by molar-refractivity contribution is 5.55. The zero-order valence-electron chi connectivity index (χ0n) is 8.10. The molecule has 0 aliphatic heterocycles. The van der Waals surface area contributed by atoms with Crippen LogP contribution in [-0.4, -0.2) is 6.21 Å². The molecule has 0 bridgehead atoms. The van der Waals surface area contributed by atoms with Gasteiger partial charge in [0.25, 0.3) is 0 Å². The van der Waals surface area contributed by atoms with Crippen LogP contribution in [0.2, 0.25) is 0 Å². The summed E-state index contributed by atoms with van der Waals surface area (Å²) in [7, 11) is 0. The van der Waals surface area contributed by atoms with Gasteiger partial charge in [-0.1, -0.05) is 30.3 Å². The molecule has 0 aromatic heterocycles. The van der Waals surface area contributed by atoms with E-state index in [1.165, 1.54) is 0 Å². The minimum Gasteiger partial charge on any atom is -0.391 e. The molecule has 0 radical (unpaired) electrons. The molecule has 3 nitrogen and oxygen atoms in total. The molecule has 0 aliphatic carbocycles. The van der Waals surface area contributed by atoms with Gasteiger partial charge in [-0.2, -0.15) is 5.26 Å². The summed E-state index contributed by atoms with van der Waals surface area (Å²) in [5, 5.41) is 12.5. The Kier molecular flexibility index (Phi) is 4.22. The van der Waals surface area contributed by atoms with Crippen LogP contribution in [0.25, 0.3) is 0 Å². The number of hydrogen-bond acceptors (Lipinski definition) is 3. The van der Waals surface area contributed by atoms with Crippen molar-refractivity contribution in [2.45, 2.75) is 20.0 Å². The molecular weight excluding hydrogens is 176 g/mol. The van der Waals surface area contributed by atoms with E-state index in [9.17, 15) is 0 Å². The van der Waals surface area contributed by atoms with E-state index >= 15 is 0 Å². The lowest BCUT2D eigenvalue weighted by Crippen LogP contribution is -1.91. The van der Waals surface area contributed by atoms with Gasteiger partial charge in [0.05, 0.1) is 11.6 Å². The van der Waals surface area contributed by atoms with Crippen molar-refractivity contribution < 1.29 is 4.84 Å². The zero-order valence-corrected chi connectivity index (χ0v) is 8.10. The second-order valence-electron chi connectivity index (χ2n) is 2.74. The van der Waals surface area contributed by atoms with Crippen molar-refractivity contribution in [2.24, 2.45) is 5.16 Å². The maximum atomic E-state index is 8.78. The van der Waals surface area contributed by atoms with Crippen LogP contribution in [-0.2, 0) is 11.4 Å². The third-order valence-electron chi connectivity index (χ3n) is 1.69. The SMILES string of the molecule is CCC=NOCc1ccccc1C#N. The lowest BCUT2D eigenvalue weighted by Gasteiger charge is -2.00. The predicted octanol–water partition coefficient (Wildman–Crippen LogP) is 2.47. The van der Waals surface area contributed by atoms with Gasteiger partial charge in [0.15, 0.2) is 0 Å². The molecule has 72 valence electrons. The van der Waals surface area contributed by atoms with E-state index in [0.717, 1.165) is 12.0 Å². The van der Waals surface area contributed by atoms with Crippen molar-refractivity contribution in [3.8, 4) is 6.07 Å². The normalized spacial score (nSPS) is 10.0. The predicted molar refractivity (Wildman–Crippen MR) is 54.7 cm³/mol. The summed E-state index contributed by atoms with van der Waals surface area (Å²) in [4.78, 5) is 5.02. The van der Waals surface area contributed by atoms with Gasteiger partial charge in [-0.25, -0.2) is 0 Å². The van der Waals surface area contributed by atoms with Crippen molar-refractivity contribution in [1.82, 2.24) is 0 Å². The second-order valence-corrected chi connectivity index (χ2v) is 2.74. The number of nitriles is 1. The lowest BCUT2D eigenvalue weighted by atomic mass is 10.1. The maximum Gasteiger partial charge on any atom is 0.143 e. The molecule has 0 aliphatic rings. The van der Waals surface area contributed by atoms with Crippen molar-refractivity contribution in [3.63, 3.8) is 0 Å². The molecule has 0 fully saturated rings. The van der Waals surface area contributed by atoms with Crippen LogP contribution in [0.1, 0.15) is 24.5 Å². The minimum atomic E-state index is 0.347. The van der Waals surface area contributed by atoms with E-state index in [1.54, 1.807) is 12.3 Å². The quantitative estimate of drug-likeness (QED) is 0.538. The van der Waals surface area contributed by atoms with E-state index in [2.05, 4.69) is 11.2 Å². The smallest absolute Gasteiger partial charge is 0.143 e. The average Bonchev–Trinajstić information content (AvgIpc) is 2.25. The molecule has 0 heterocycles. The van der Waals surface area contributed by atoms with E-state index in [-0.39, 0.29) is 0 Å². The van der Waals surface area contributed by atoms with E-state index in [1.807, 2.05) is 25.1 Å². The Balaban J connectivity index is 2.59. The monoisotopic (exact) mass is 188 g/mol. The third-order valence-corrected chi connectivity index (χ3v) is 1.69. The van der Waals surface area contributed by atoms with E-state index in [4.69, 9.17) is 10.1 Å². The molecule has 0 atom stereocenters. The number of nitrogens with zero attached hydrogens (tertiary/aromatic N) is 2. The highest BCUT2D eigenvalue weighted by Crippen LogP contribution is 2.08. The summed E-state index contributed by atoms with van der Waals surface area (Å²) in [6, 6.07) is 9.44. The summed E-state index contributed by atoms with van der Waals surface area (Å²) in [5.41, 5.74) is 1.50. The average molecular weight is 188 g/mol. The van der Waals surface area contributed by atoms with Gasteiger partial charge in [0, 0.05) is 11.8 Å². The molecule has 1 aromatic carbocycles. The number of hydrogen-bond donors (Lipinski definition) is 0. The molecule has 0 N–H and O–H groups in total. The first-order chi connectivity index (χ1) is 6.88. The van der Waals surface area contributed by atoms with Gasteiger partial charge in [-0.15, -0.1) is 0 Å².